The summed E-state index contributed by atoms with van der Waals surface area (Å²) in [5.41, 5.74) is 4.42. The number of nitrogens with one attached hydrogen (secondary N) is 1. The van der Waals surface area contributed by atoms with Gasteiger partial charge in [0.05, 0.1) is 0 Å². The molecule has 1 N–H and O–H groups in total. The van der Waals surface area contributed by atoms with Crippen LogP contribution in [0.1, 0.15) is 36.5 Å². The minimum absolute atomic E-state index is 0.765. The van der Waals surface area contributed by atoms with Gasteiger partial charge in [-0.15, -0.1) is 0 Å². The maximum atomic E-state index is 3.42. The predicted molar refractivity (Wildman–Crippen MR) is 83.6 cm³/mol. The minimum atomic E-state index is 0.765. The van der Waals surface area contributed by atoms with Crippen LogP contribution in [-0.2, 0) is 19.6 Å². The van der Waals surface area contributed by atoms with Gasteiger partial charge >= 0.3 is 0 Å². The molecule has 1 aromatic rings. The Morgan fingerprint density at radius 3 is 3.00 bits per heavy atom. The first kappa shape index (κ1) is 14.1. The van der Waals surface area contributed by atoms with Crippen molar-refractivity contribution in [3.63, 3.8) is 0 Å². The van der Waals surface area contributed by atoms with E-state index in [0.29, 0.717) is 0 Å². The van der Waals surface area contributed by atoms with E-state index in [9.17, 15) is 0 Å². The first-order valence-corrected chi connectivity index (χ1v) is 8.00. The van der Waals surface area contributed by atoms with Crippen molar-refractivity contribution in [3.8, 4) is 0 Å². The van der Waals surface area contributed by atoms with Gasteiger partial charge in [0.15, 0.2) is 0 Å². The quantitative estimate of drug-likeness (QED) is 0.887. The van der Waals surface area contributed by atoms with Crippen molar-refractivity contribution in [2.45, 2.75) is 45.4 Å². The third-order valence-electron chi connectivity index (χ3n) is 4.78. The number of nitrogens with zero attached hydrogens (tertiary/aromatic N) is 2. The lowest BCUT2D eigenvalue weighted by molar-refractivity contribution is 0.195. The first-order valence-electron chi connectivity index (χ1n) is 8.00. The summed E-state index contributed by atoms with van der Waals surface area (Å²) >= 11 is 0. The largest absolute Gasteiger partial charge is 0.309 e. The molecule has 20 heavy (non-hydrogen) atoms. The maximum absolute atomic E-state index is 3.42. The van der Waals surface area contributed by atoms with Crippen LogP contribution in [0.25, 0.3) is 0 Å². The maximum Gasteiger partial charge on any atom is 0.0231 e. The van der Waals surface area contributed by atoms with Gasteiger partial charge in [-0.1, -0.05) is 25.1 Å². The molecule has 1 saturated heterocycles. The predicted octanol–water partition coefficient (Wildman–Crippen LogP) is 2.21. The van der Waals surface area contributed by atoms with Crippen LogP contribution in [0, 0.1) is 0 Å². The lowest BCUT2D eigenvalue weighted by Gasteiger charge is -2.27. The Bertz CT molecular complexity index is 458. The van der Waals surface area contributed by atoms with Crippen molar-refractivity contribution in [2.24, 2.45) is 0 Å². The van der Waals surface area contributed by atoms with E-state index in [1.807, 2.05) is 0 Å². The van der Waals surface area contributed by atoms with Crippen LogP contribution < -0.4 is 5.32 Å². The van der Waals surface area contributed by atoms with Crippen LogP contribution in [0.2, 0.25) is 0 Å². The van der Waals surface area contributed by atoms with Crippen LogP contribution in [0.4, 0.5) is 0 Å². The number of hydrogen-bond acceptors (Lipinski definition) is 3. The molecule has 2 aliphatic rings. The summed E-state index contributed by atoms with van der Waals surface area (Å²) in [5, 5.41) is 3.42. The van der Waals surface area contributed by atoms with Crippen molar-refractivity contribution in [2.75, 3.05) is 26.7 Å². The van der Waals surface area contributed by atoms with E-state index in [1.54, 1.807) is 0 Å². The zero-order valence-electron chi connectivity index (χ0n) is 12.9. The van der Waals surface area contributed by atoms with Crippen LogP contribution in [0.15, 0.2) is 18.2 Å². The molecule has 0 bridgehead atoms. The Balaban J connectivity index is 1.57. The summed E-state index contributed by atoms with van der Waals surface area (Å²) in [4.78, 5) is 5.12. The molecular weight excluding hydrogens is 246 g/mol. The normalized spacial score (nSPS) is 22.6. The lowest BCUT2D eigenvalue weighted by atomic mass is 10.1. The molecule has 3 rings (SSSR count). The monoisotopic (exact) mass is 273 g/mol. The SMILES string of the molecule is CCN1CCCC1CN(C)Cc1ccc2c(c1)CNC2. The van der Waals surface area contributed by atoms with Gasteiger partial charge in [0.25, 0.3) is 0 Å². The Hall–Kier alpha value is -0.900. The fourth-order valence-corrected chi connectivity index (χ4v) is 3.70. The van der Waals surface area contributed by atoms with Crippen LogP contribution in [0.3, 0.4) is 0 Å². The summed E-state index contributed by atoms with van der Waals surface area (Å²) in [6.45, 7) is 9.12. The van der Waals surface area contributed by atoms with E-state index in [1.165, 1.54) is 49.2 Å². The second-order valence-electron chi connectivity index (χ2n) is 6.33. The minimum Gasteiger partial charge on any atom is -0.309 e. The smallest absolute Gasteiger partial charge is 0.0231 e. The van der Waals surface area contributed by atoms with Crippen molar-refractivity contribution in [1.82, 2.24) is 15.1 Å². The summed E-state index contributed by atoms with van der Waals surface area (Å²) < 4.78 is 0. The second kappa shape index (κ2) is 6.25. The van der Waals surface area contributed by atoms with Crippen molar-refractivity contribution < 1.29 is 0 Å². The molecule has 0 aliphatic carbocycles. The van der Waals surface area contributed by atoms with Gasteiger partial charge in [-0.2, -0.15) is 0 Å². The van der Waals surface area contributed by atoms with Gasteiger partial charge in [0.1, 0.15) is 0 Å². The Kier molecular flexibility index (Phi) is 4.39. The van der Waals surface area contributed by atoms with E-state index < -0.39 is 0 Å². The molecule has 0 aromatic heterocycles. The van der Waals surface area contributed by atoms with Gasteiger partial charge in [0.2, 0.25) is 0 Å². The summed E-state index contributed by atoms with van der Waals surface area (Å²) in [6, 6.07) is 7.75. The molecular formula is C17H27N3. The Morgan fingerprint density at radius 1 is 1.30 bits per heavy atom. The molecule has 0 saturated carbocycles. The number of fused-ring (bicyclic) bond motifs is 1. The van der Waals surface area contributed by atoms with Crippen molar-refractivity contribution in [3.05, 3.63) is 34.9 Å². The van der Waals surface area contributed by atoms with E-state index in [-0.39, 0.29) is 0 Å². The van der Waals surface area contributed by atoms with E-state index in [2.05, 4.69) is 47.3 Å². The van der Waals surface area contributed by atoms with Crippen molar-refractivity contribution in [1.29, 1.82) is 0 Å². The molecule has 1 aromatic carbocycles. The highest BCUT2D eigenvalue weighted by Gasteiger charge is 2.24. The fraction of sp³-hybridized carbons (Fsp3) is 0.647. The van der Waals surface area contributed by atoms with Gasteiger partial charge in [-0.3, -0.25) is 4.90 Å². The molecule has 110 valence electrons. The molecule has 1 fully saturated rings. The van der Waals surface area contributed by atoms with Crippen LogP contribution in [-0.4, -0.2) is 42.5 Å². The fourth-order valence-electron chi connectivity index (χ4n) is 3.70. The summed E-state index contributed by atoms with van der Waals surface area (Å²) in [6.07, 6.45) is 2.74. The molecule has 3 heteroatoms. The standard InChI is InChI=1S/C17H27N3/c1-3-20-8-4-5-17(20)13-19(2)12-14-6-7-15-10-18-11-16(15)9-14/h6-7,9,17-18H,3-5,8,10-13H2,1-2H3. The molecule has 3 nitrogen and oxygen atoms in total. The van der Waals surface area contributed by atoms with Gasteiger partial charge in [-0.05, 0) is 49.7 Å². The van der Waals surface area contributed by atoms with Crippen LogP contribution >= 0.6 is 0 Å². The molecule has 0 radical (unpaired) electrons. The summed E-state index contributed by atoms with van der Waals surface area (Å²) in [5.74, 6) is 0. The molecule has 2 aliphatic heterocycles. The zero-order valence-corrected chi connectivity index (χ0v) is 12.9. The topological polar surface area (TPSA) is 18.5 Å². The average molecular weight is 273 g/mol. The molecule has 1 unspecified atom stereocenters. The summed E-state index contributed by atoms with van der Waals surface area (Å²) in [7, 11) is 2.26. The highest BCUT2D eigenvalue weighted by atomic mass is 15.2. The number of likely N-dealkylation sites (tertiary alicyclic amines) is 1. The van der Waals surface area contributed by atoms with Gasteiger partial charge in [-0.25, -0.2) is 0 Å². The van der Waals surface area contributed by atoms with E-state index >= 15 is 0 Å². The Morgan fingerprint density at radius 2 is 2.15 bits per heavy atom. The third-order valence-corrected chi connectivity index (χ3v) is 4.78. The van der Waals surface area contributed by atoms with Crippen LogP contribution in [0.5, 0.6) is 0 Å². The number of likely N-dealkylation sites (N-methyl/N-ethyl adjacent to an activating group) is 2. The first-order chi connectivity index (χ1) is 9.76. The number of hydrogen-bond donors (Lipinski definition) is 1. The number of benzene rings is 1. The van der Waals surface area contributed by atoms with E-state index in [4.69, 9.17) is 0 Å². The van der Waals surface area contributed by atoms with Crippen molar-refractivity contribution >= 4 is 0 Å². The lowest BCUT2D eigenvalue weighted by Crippen LogP contribution is -2.38. The average Bonchev–Trinajstić information content (AvgIpc) is 3.06. The van der Waals surface area contributed by atoms with Gasteiger partial charge in [0, 0.05) is 32.2 Å². The molecule has 0 amide bonds. The van der Waals surface area contributed by atoms with Gasteiger partial charge < -0.3 is 10.2 Å². The number of rotatable bonds is 5. The highest BCUT2D eigenvalue weighted by Crippen LogP contribution is 2.20. The second-order valence-corrected chi connectivity index (χ2v) is 6.33. The third kappa shape index (κ3) is 3.05. The zero-order chi connectivity index (χ0) is 13.9. The Labute approximate surface area is 123 Å². The molecule has 1 atom stereocenters. The molecule has 0 spiro atoms. The highest BCUT2D eigenvalue weighted by molar-refractivity contribution is 5.34. The molecule has 2 heterocycles. The van der Waals surface area contributed by atoms with E-state index in [0.717, 1.165) is 25.7 Å².